The Morgan fingerprint density at radius 3 is 2.59 bits per heavy atom. The van der Waals surface area contributed by atoms with Gasteiger partial charge in [0.05, 0.1) is 19.8 Å². The van der Waals surface area contributed by atoms with E-state index >= 15 is 0 Å². The van der Waals surface area contributed by atoms with Crippen molar-refractivity contribution in [3.63, 3.8) is 0 Å². The molecule has 1 aromatic carbocycles. The molecule has 34 heavy (non-hydrogen) atoms. The van der Waals surface area contributed by atoms with Crippen LogP contribution in [0.1, 0.15) is 56.4 Å². The highest BCUT2D eigenvalue weighted by atomic mass is 16.5. The minimum Gasteiger partial charge on any atom is -0.503 e. The first-order valence-corrected chi connectivity index (χ1v) is 11.7. The number of nitrogens with zero attached hydrogens (tertiary/aromatic N) is 1. The van der Waals surface area contributed by atoms with E-state index in [4.69, 9.17) is 14.2 Å². The molecular weight excluding hydrogens is 436 g/mol. The first-order chi connectivity index (χ1) is 16.4. The van der Waals surface area contributed by atoms with Crippen LogP contribution in [0.5, 0.6) is 17.2 Å². The van der Waals surface area contributed by atoms with Crippen molar-refractivity contribution in [3.05, 3.63) is 48.3 Å². The van der Waals surface area contributed by atoms with Gasteiger partial charge in [-0.25, -0.2) is 4.98 Å². The Kier molecular flexibility index (Phi) is 8.87. The highest BCUT2D eigenvalue weighted by Crippen LogP contribution is 2.32. The van der Waals surface area contributed by atoms with E-state index < -0.39 is 11.4 Å². The van der Waals surface area contributed by atoms with Crippen LogP contribution < -0.4 is 14.8 Å². The van der Waals surface area contributed by atoms with Crippen LogP contribution in [-0.4, -0.2) is 53.7 Å². The third-order valence-corrected chi connectivity index (χ3v) is 6.20. The van der Waals surface area contributed by atoms with Gasteiger partial charge in [-0.3, -0.25) is 4.79 Å². The molecule has 0 bridgehead atoms. The van der Waals surface area contributed by atoms with Crippen LogP contribution in [0.25, 0.3) is 0 Å². The average Bonchev–Trinajstić information content (AvgIpc) is 2.85. The number of benzene rings is 1. The van der Waals surface area contributed by atoms with Crippen LogP contribution in [-0.2, 0) is 9.53 Å². The number of carbonyl (C=O) groups is 2. The number of carbonyl (C=O) groups excluding carboxylic acids is 2. The van der Waals surface area contributed by atoms with Gasteiger partial charge in [-0.05, 0) is 44.7 Å². The fourth-order valence-electron chi connectivity index (χ4n) is 4.35. The Balaban J connectivity index is 1.72. The van der Waals surface area contributed by atoms with Gasteiger partial charge in [0.1, 0.15) is 23.7 Å². The number of aromatic nitrogens is 1. The smallest absolute Gasteiger partial charge is 0.274 e. The standard InChI is InChI=1S/C26H34N2O6/c1-18(34-20-12-8-5-9-13-20)24(19-10-6-4-7-11-19)33-17-26(2,16-29)28-25(31)22-23(30)21(32-3)14-15-27-22/h5,8-9,12-16,18-19,24,30H,4,6-7,10-11,17H2,1-3H3,(H,28,31)/t18-,24+,26+/m0/s1. The third kappa shape index (κ3) is 6.47. The summed E-state index contributed by atoms with van der Waals surface area (Å²) < 4.78 is 17.5. The highest BCUT2D eigenvalue weighted by Gasteiger charge is 2.35. The molecule has 1 heterocycles. The Hall–Kier alpha value is -3.13. The van der Waals surface area contributed by atoms with E-state index in [0.717, 1.165) is 31.4 Å². The van der Waals surface area contributed by atoms with Gasteiger partial charge in [-0.15, -0.1) is 0 Å². The monoisotopic (exact) mass is 470 g/mol. The molecule has 1 aliphatic carbocycles. The quantitative estimate of drug-likeness (QED) is 0.480. The zero-order valence-electron chi connectivity index (χ0n) is 20.0. The number of pyridine rings is 1. The van der Waals surface area contributed by atoms with Crippen molar-refractivity contribution in [2.75, 3.05) is 13.7 Å². The van der Waals surface area contributed by atoms with Gasteiger partial charge >= 0.3 is 0 Å². The zero-order chi connectivity index (χ0) is 24.6. The Morgan fingerprint density at radius 1 is 1.24 bits per heavy atom. The summed E-state index contributed by atoms with van der Waals surface area (Å²) in [5, 5.41) is 12.9. The van der Waals surface area contributed by atoms with E-state index in [1.807, 2.05) is 37.3 Å². The van der Waals surface area contributed by atoms with Crippen molar-refractivity contribution in [3.8, 4) is 17.2 Å². The summed E-state index contributed by atoms with van der Waals surface area (Å²) in [7, 11) is 1.38. The summed E-state index contributed by atoms with van der Waals surface area (Å²) in [4.78, 5) is 28.7. The maximum Gasteiger partial charge on any atom is 0.274 e. The van der Waals surface area contributed by atoms with Crippen LogP contribution >= 0.6 is 0 Å². The van der Waals surface area contributed by atoms with Crippen LogP contribution in [0, 0.1) is 5.92 Å². The van der Waals surface area contributed by atoms with Gasteiger partial charge < -0.3 is 29.4 Å². The van der Waals surface area contributed by atoms with Crippen molar-refractivity contribution < 1.29 is 28.9 Å². The molecule has 1 amide bonds. The number of aldehydes is 1. The molecular formula is C26H34N2O6. The predicted molar refractivity (Wildman–Crippen MR) is 127 cm³/mol. The minimum atomic E-state index is -1.33. The number of hydrogen-bond acceptors (Lipinski definition) is 7. The van der Waals surface area contributed by atoms with Gasteiger partial charge in [0.25, 0.3) is 5.91 Å². The minimum absolute atomic E-state index is 0.0450. The van der Waals surface area contributed by atoms with Crippen LogP contribution in [0.15, 0.2) is 42.6 Å². The summed E-state index contributed by atoms with van der Waals surface area (Å²) >= 11 is 0. The van der Waals surface area contributed by atoms with Gasteiger partial charge in [0.2, 0.25) is 0 Å². The molecule has 1 aliphatic rings. The topological polar surface area (TPSA) is 107 Å². The van der Waals surface area contributed by atoms with Crippen LogP contribution in [0.4, 0.5) is 0 Å². The number of aromatic hydroxyl groups is 1. The second kappa shape index (κ2) is 11.8. The molecule has 1 saturated carbocycles. The largest absolute Gasteiger partial charge is 0.503 e. The molecule has 1 aromatic heterocycles. The number of para-hydroxylation sites is 1. The van der Waals surface area contributed by atoms with Gasteiger partial charge in [0, 0.05) is 12.3 Å². The fourth-order valence-corrected chi connectivity index (χ4v) is 4.35. The second-order valence-electron chi connectivity index (χ2n) is 9.01. The number of nitrogens with one attached hydrogen (secondary N) is 1. The molecule has 2 N–H and O–H groups in total. The van der Waals surface area contributed by atoms with Crippen LogP contribution in [0.2, 0.25) is 0 Å². The van der Waals surface area contributed by atoms with Crippen molar-refractivity contribution in [2.45, 2.75) is 63.7 Å². The van der Waals surface area contributed by atoms with E-state index in [-0.39, 0.29) is 36.0 Å². The number of methoxy groups -OCH3 is 1. The third-order valence-electron chi connectivity index (χ3n) is 6.20. The summed E-state index contributed by atoms with van der Waals surface area (Å²) in [6, 6.07) is 11.0. The highest BCUT2D eigenvalue weighted by molar-refractivity contribution is 5.97. The Bertz CT molecular complexity index is 948. The van der Waals surface area contributed by atoms with E-state index in [9.17, 15) is 14.7 Å². The normalized spacial score (nSPS) is 17.7. The van der Waals surface area contributed by atoms with Gasteiger partial charge in [0.15, 0.2) is 17.2 Å². The molecule has 8 nitrogen and oxygen atoms in total. The second-order valence-corrected chi connectivity index (χ2v) is 9.01. The van der Waals surface area contributed by atoms with E-state index in [0.29, 0.717) is 12.2 Å². The molecule has 184 valence electrons. The number of hydrogen-bond donors (Lipinski definition) is 2. The molecule has 2 aromatic rings. The first-order valence-electron chi connectivity index (χ1n) is 11.7. The van der Waals surface area contributed by atoms with E-state index in [1.165, 1.54) is 25.8 Å². The maximum absolute atomic E-state index is 12.8. The predicted octanol–water partition coefficient (Wildman–Crippen LogP) is 3.92. The molecule has 1 fully saturated rings. The van der Waals surface area contributed by atoms with E-state index in [2.05, 4.69) is 10.3 Å². The lowest BCUT2D eigenvalue weighted by Gasteiger charge is -2.36. The maximum atomic E-state index is 12.8. The van der Waals surface area contributed by atoms with Gasteiger partial charge in [-0.1, -0.05) is 37.5 Å². The zero-order valence-corrected chi connectivity index (χ0v) is 20.0. The average molecular weight is 471 g/mol. The molecule has 3 atom stereocenters. The lowest BCUT2D eigenvalue weighted by Crippen LogP contribution is -2.53. The SMILES string of the molecule is COc1ccnc(C(=O)N[C@](C)(C=O)CO[C@@H](C2CCCCC2)[C@H](C)Oc2ccccc2)c1O. The Labute approximate surface area is 200 Å². The lowest BCUT2D eigenvalue weighted by atomic mass is 9.83. The number of ether oxygens (including phenoxy) is 3. The fraction of sp³-hybridized carbons (Fsp3) is 0.500. The van der Waals surface area contributed by atoms with Crippen molar-refractivity contribution >= 4 is 12.2 Å². The van der Waals surface area contributed by atoms with E-state index in [1.54, 1.807) is 6.92 Å². The van der Waals surface area contributed by atoms with Crippen molar-refractivity contribution in [2.24, 2.45) is 5.92 Å². The summed E-state index contributed by atoms with van der Waals surface area (Å²) in [5.74, 6) is 0.0843. The van der Waals surface area contributed by atoms with Crippen LogP contribution in [0.3, 0.4) is 0 Å². The van der Waals surface area contributed by atoms with Gasteiger partial charge in [-0.2, -0.15) is 0 Å². The molecule has 0 unspecified atom stereocenters. The summed E-state index contributed by atoms with van der Waals surface area (Å²) in [6.07, 6.45) is 7.01. The summed E-state index contributed by atoms with van der Waals surface area (Å²) in [5.41, 5.74) is -1.55. The first kappa shape index (κ1) is 25.5. The molecule has 3 rings (SSSR count). The Morgan fingerprint density at radius 2 is 1.94 bits per heavy atom. The van der Waals surface area contributed by atoms with Crippen molar-refractivity contribution in [1.82, 2.24) is 10.3 Å². The number of rotatable bonds is 11. The molecule has 0 radical (unpaired) electrons. The van der Waals surface area contributed by atoms with Crippen molar-refractivity contribution in [1.29, 1.82) is 0 Å². The summed E-state index contributed by atoms with van der Waals surface area (Å²) in [6.45, 7) is 3.51. The molecule has 0 aliphatic heterocycles. The molecule has 0 saturated heterocycles. The molecule has 0 spiro atoms. The number of amides is 1. The lowest BCUT2D eigenvalue weighted by molar-refractivity contribution is -0.120. The molecule has 8 heteroatoms.